The van der Waals surface area contributed by atoms with Gasteiger partial charge in [-0.1, -0.05) is 50.2 Å². The number of aromatic nitrogens is 2. The van der Waals surface area contributed by atoms with Crippen LogP contribution in [0.4, 0.5) is 0 Å². The molecule has 3 aromatic rings. The van der Waals surface area contributed by atoms with Crippen molar-refractivity contribution in [1.82, 2.24) is 31.0 Å². The molecule has 48 heavy (non-hydrogen) atoms. The van der Waals surface area contributed by atoms with Gasteiger partial charge >= 0.3 is 0 Å². The Bertz CT molecular complexity index is 1580. The number of fused-ring (bicyclic) bond motifs is 4. The van der Waals surface area contributed by atoms with Gasteiger partial charge < -0.3 is 25.6 Å². The number of rotatable bonds is 7. The normalized spacial score (nSPS) is 21.0. The van der Waals surface area contributed by atoms with Gasteiger partial charge in [0.1, 0.15) is 27.8 Å². The lowest BCUT2D eigenvalue weighted by atomic mass is 9.94. The highest BCUT2D eigenvalue weighted by Crippen LogP contribution is 2.23. The molecule has 11 nitrogen and oxygen atoms in total. The number of amides is 4. The fourth-order valence-electron chi connectivity index (χ4n) is 6.07. The lowest BCUT2D eigenvalue weighted by molar-refractivity contribution is -0.138. The standard InChI is InChI=1S/C36H46N6O5S/c1-23(2)36-41-40-32(48-36)20-31(43)38-30-19-33(44)42-16-7-10-26(22-42)15-17-47-28-13-11-24(3)27(18-28)21-37-34(45)29(39-35(30)46)14-12-25-8-5-4-6-9-25/h4-6,8-9,11,13,18,23,26,29-30H,7,10,12,14-17,19-22H2,1-3H3,(H,37,45)(H,38,43)(H,39,46)/t26?,29-,30-/m0/s1. The number of benzene rings is 2. The van der Waals surface area contributed by atoms with Crippen LogP contribution in [-0.2, 0) is 38.6 Å². The minimum Gasteiger partial charge on any atom is -0.494 e. The van der Waals surface area contributed by atoms with E-state index in [1.165, 1.54) is 11.3 Å². The van der Waals surface area contributed by atoms with Crippen molar-refractivity contribution in [2.45, 2.75) is 90.3 Å². The summed E-state index contributed by atoms with van der Waals surface area (Å²) in [5, 5.41) is 18.3. The van der Waals surface area contributed by atoms with Gasteiger partial charge in [-0.25, -0.2) is 0 Å². The fourth-order valence-corrected chi connectivity index (χ4v) is 6.91. The maximum absolute atomic E-state index is 14.0. The Hall–Kier alpha value is -4.32. The van der Waals surface area contributed by atoms with Crippen molar-refractivity contribution in [2.75, 3.05) is 19.7 Å². The summed E-state index contributed by atoms with van der Waals surface area (Å²) < 4.78 is 6.11. The highest BCUT2D eigenvalue weighted by Gasteiger charge is 2.32. The number of carbonyl (C=O) groups excluding carboxylic acids is 4. The van der Waals surface area contributed by atoms with Crippen molar-refractivity contribution < 1.29 is 23.9 Å². The van der Waals surface area contributed by atoms with Gasteiger partial charge in [0.25, 0.3) is 0 Å². The molecule has 1 fully saturated rings. The van der Waals surface area contributed by atoms with Crippen molar-refractivity contribution in [2.24, 2.45) is 5.92 Å². The van der Waals surface area contributed by atoms with E-state index in [-0.39, 0.29) is 43.0 Å². The molecule has 256 valence electrons. The van der Waals surface area contributed by atoms with Gasteiger partial charge in [-0.3, -0.25) is 19.2 Å². The number of nitrogens with zero attached hydrogens (tertiary/aromatic N) is 3. The Kier molecular flexibility index (Phi) is 12.2. The van der Waals surface area contributed by atoms with E-state index in [4.69, 9.17) is 4.74 Å². The molecule has 0 spiro atoms. The molecule has 2 aliphatic rings. The van der Waals surface area contributed by atoms with Crippen LogP contribution in [0.25, 0.3) is 0 Å². The maximum Gasteiger partial charge on any atom is 0.243 e. The zero-order valence-electron chi connectivity index (χ0n) is 28.0. The number of carbonyl (C=O) groups is 4. The number of ether oxygens (including phenoxy) is 1. The van der Waals surface area contributed by atoms with Crippen molar-refractivity contribution >= 4 is 35.0 Å². The number of hydrogen-bond donors (Lipinski definition) is 3. The Labute approximate surface area is 286 Å². The predicted octanol–water partition coefficient (Wildman–Crippen LogP) is 3.84. The van der Waals surface area contributed by atoms with Gasteiger partial charge in [-0.2, -0.15) is 0 Å². The van der Waals surface area contributed by atoms with Crippen LogP contribution in [-0.4, -0.2) is 70.5 Å². The summed E-state index contributed by atoms with van der Waals surface area (Å²) >= 11 is 1.35. The first-order valence-electron chi connectivity index (χ1n) is 16.9. The maximum atomic E-state index is 14.0. The lowest BCUT2D eigenvalue weighted by Crippen LogP contribution is -2.55. The average Bonchev–Trinajstić information content (AvgIpc) is 3.55. The Balaban J connectivity index is 1.39. The van der Waals surface area contributed by atoms with Crippen LogP contribution in [0.3, 0.4) is 0 Å². The second kappa shape index (κ2) is 16.7. The highest BCUT2D eigenvalue weighted by atomic mass is 32.1. The lowest BCUT2D eigenvalue weighted by Gasteiger charge is -2.34. The quantitative estimate of drug-likeness (QED) is 0.346. The van der Waals surface area contributed by atoms with E-state index in [1.807, 2.05) is 69.3 Å². The third-order valence-electron chi connectivity index (χ3n) is 8.96. The number of aryl methyl sites for hydroxylation is 2. The Morgan fingerprint density at radius 2 is 1.90 bits per heavy atom. The minimum absolute atomic E-state index is 0.0650. The predicted molar refractivity (Wildman–Crippen MR) is 183 cm³/mol. The van der Waals surface area contributed by atoms with Gasteiger partial charge in [-0.15, -0.1) is 21.5 Å². The largest absolute Gasteiger partial charge is 0.494 e. The molecular weight excluding hydrogens is 628 g/mol. The summed E-state index contributed by atoms with van der Waals surface area (Å²) in [5.74, 6) is -0.405. The van der Waals surface area contributed by atoms with E-state index in [0.717, 1.165) is 46.7 Å². The summed E-state index contributed by atoms with van der Waals surface area (Å²) in [6, 6.07) is 13.5. The summed E-state index contributed by atoms with van der Waals surface area (Å²) in [5.41, 5.74) is 2.96. The molecule has 1 saturated heterocycles. The first-order chi connectivity index (χ1) is 23.1. The Morgan fingerprint density at radius 1 is 1.08 bits per heavy atom. The monoisotopic (exact) mass is 674 g/mol. The highest BCUT2D eigenvalue weighted by molar-refractivity contribution is 7.11. The molecule has 0 aliphatic carbocycles. The van der Waals surface area contributed by atoms with E-state index < -0.39 is 23.9 Å². The smallest absolute Gasteiger partial charge is 0.243 e. The number of nitrogens with one attached hydrogen (secondary N) is 3. The molecule has 2 aliphatic heterocycles. The van der Waals surface area contributed by atoms with E-state index in [0.29, 0.717) is 37.5 Å². The van der Waals surface area contributed by atoms with Crippen LogP contribution in [0.15, 0.2) is 48.5 Å². The molecule has 1 unspecified atom stereocenters. The van der Waals surface area contributed by atoms with Crippen molar-refractivity contribution in [1.29, 1.82) is 0 Å². The van der Waals surface area contributed by atoms with Gasteiger partial charge in [0.05, 0.1) is 19.4 Å². The summed E-state index contributed by atoms with van der Waals surface area (Å²) in [6.07, 6.45) is 3.22. The van der Waals surface area contributed by atoms with Crippen molar-refractivity contribution in [3.8, 4) is 5.75 Å². The Morgan fingerprint density at radius 3 is 2.67 bits per heavy atom. The minimum atomic E-state index is -1.17. The first kappa shape index (κ1) is 35.0. The van der Waals surface area contributed by atoms with Gasteiger partial charge in [0.2, 0.25) is 23.6 Å². The first-order valence-corrected chi connectivity index (χ1v) is 17.7. The molecule has 0 radical (unpaired) electrons. The fraction of sp³-hybridized carbons (Fsp3) is 0.500. The molecule has 3 heterocycles. The van der Waals surface area contributed by atoms with Crippen LogP contribution >= 0.6 is 11.3 Å². The zero-order valence-corrected chi connectivity index (χ0v) is 28.8. The summed E-state index contributed by atoms with van der Waals surface area (Å²) in [4.78, 5) is 56.3. The van der Waals surface area contributed by atoms with Crippen LogP contribution in [0.5, 0.6) is 5.75 Å². The SMILES string of the molecule is Cc1ccc2cc1CNC(=O)[C@H](CCc1ccccc1)NC(=O)[C@@H](NC(=O)Cc1nnc(C(C)C)s1)CC(=O)N1CCCC(CCO2)C1. The van der Waals surface area contributed by atoms with Crippen LogP contribution < -0.4 is 20.7 Å². The average molecular weight is 675 g/mol. The number of piperidine rings is 1. The van der Waals surface area contributed by atoms with Crippen LogP contribution in [0, 0.1) is 12.8 Å². The van der Waals surface area contributed by atoms with Gasteiger partial charge in [0.15, 0.2) is 0 Å². The molecule has 1 aromatic heterocycles. The zero-order chi connectivity index (χ0) is 34.0. The van der Waals surface area contributed by atoms with E-state index in [2.05, 4.69) is 26.1 Å². The van der Waals surface area contributed by atoms with Crippen LogP contribution in [0.1, 0.15) is 78.6 Å². The van der Waals surface area contributed by atoms with Gasteiger partial charge in [0, 0.05) is 25.6 Å². The van der Waals surface area contributed by atoms with Crippen molar-refractivity contribution in [3.05, 3.63) is 75.2 Å². The molecule has 3 atom stereocenters. The molecule has 2 aromatic carbocycles. The molecule has 3 N–H and O–H groups in total. The molecule has 0 saturated carbocycles. The summed E-state index contributed by atoms with van der Waals surface area (Å²) in [6.45, 7) is 7.91. The van der Waals surface area contributed by atoms with Crippen molar-refractivity contribution in [3.63, 3.8) is 0 Å². The van der Waals surface area contributed by atoms with E-state index >= 15 is 0 Å². The molecule has 4 bridgehead atoms. The molecular formula is C36H46N6O5S. The third-order valence-corrected chi connectivity index (χ3v) is 10.2. The van der Waals surface area contributed by atoms with Crippen LogP contribution in [0.2, 0.25) is 0 Å². The van der Waals surface area contributed by atoms with E-state index in [9.17, 15) is 19.2 Å². The second-order valence-electron chi connectivity index (χ2n) is 13.1. The second-order valence-corrected chi connectivity index (χ2v) is 14.2. The number of hydrogen-bond acceptors (Lipinski definition) is 8. The van der Waals surface area contributed by atoms with Gasteiger partial charge in [-0.05, 0) is 73.8 Å². The molecule has 5 rings (SSSR count). The topological polar surface area (TPSA) is 143 Å². The summed E-state index contributed by atoms with van der Waals surface area (Å²) in [7, 11) is 0. The molecule has 4 amide bonds. The third kappa shape index (κ3) is 9.85. The van der Waals surface area contributed by atoms with E-state index in [1.54, 1.807) is 4.90 Å². The molecule has 12 heteroatoms.